The summed E-state index contributed by atoms with van der Waals surface area (Å²) >= 11 is 0. The first-order valence-electron chi connectivity index (χ1n) is 9.87. The molecule has 0 saturated carbocycles. The number of aliphatic hydroxyl groups excluding tert-OH is 2. The Balaban J connectivity index is 1.75. The van der Waals surface area contributed by atoms with E-state index in [2.05, 4.69) is 10.3 Å². The topological polar surface area (TPSA) is 127 Å². The van der Waals surface area contributed by atoms with Gasteiger partial charge in [0, 0.05) is 14.1 Å². The summed E-state index contributed by atoms with van der Waals surface area (Å²) in [6, 6.07) is 5.60. The highest BCUT2D eigenvalue weighted by Gasteiger charge is 2.51. The van der Waals surface area contributed by atoms with Crippen LogP contribution in [0.3, 0.4) is 0 Å². The monoisotopic (exact) mass is 434 g/mol. The molecule has 3 amide bonds. The van der Waals surface area contributed by atoms with E-state index >= 15 is 0 Å². The number of rotatable bonds is 8. The lowest BCUT2D eigenvalue weighted by atomic mass is 10.1. The van der Waals surface area contributed by atoms with E-state index in [0.717, 1.165) is 4.90 Å². The van der Waals surface area contributed by atoms with Crippen molar-refractivity contribution in [3.63, 3.8) is 0 Å². The van der Waals surface area contributed by atoms with Gasteiger partial charge in [-0.25, -0.2) is 9.37 Å². The Morgan fingerprint density at radius 1 is 1.16 bits per heavy atom. The first-order chi connectivity index (χ1) is 14.7. The third-order valence-corrected chi connectivity index (χ3v) is 5.00. The summed E-state index contributed by atoms with van der Waals surface area (Å²) in [5, 5.41) is 23.2. The molecule has 0 radical (unpaired) electrons. The van der Waals surface area contributed by atoms with Crippen molar-refractivity contribution in [1.29, 1.82) is 0 Å². The Morgan fingerprint density at radius 3 is 2.42 bits per heavy atom. The van der Waals surface area contributed by atoms with Crippen molar-refractivity contribution >= 4 is 23.7 Å². The number of carbonyl (C=O) groups excluding carboxylic acids is 2. The number of benzene rings is 1. The summed E-state index contributed by atoms with van der Waals surface area (Å²) in [5.41, 5.74) is 0. The van der Waals surface area contributed by atoms with Crippen molar-refractivity contribution < 1.29 is 33.9 Å². The molecule has 3 unspecified atom stereocenters. The molecule has 3 rings (SSSR count). The van der Waals surface area contributed by atoms with E-state index in [4.69, 9.17) is 9.47 Å². The number of nitrogens with zero attached hydrogens (tertiary/aromatic N) is 4. The molecule has 1 aromatic carbocycles. The van der Waals surface area contributed by atoms with Gasteiger partial charge in [0.15, 0.2) is 0 Å². The molecule has 11 nitrogen and oxygen atoms in total. The quantitative estimate of drug-likeness (QED) is 0.452. The standard InChI is InChI=1S/C20H27N5O6/c1-12(26)9-21-19-22-17-16(18(28)24(3)20(29)23(17)2)25(19)10-13(27)11-31-15-7-5-14(30-4)6-8-15/h5-8,12-13,16,26-27H,9-11H2,1-4H3/p+1. The molecule has 31 heavy (non-hydrogen) atoms. The number of hydrogen-bond acceptors (Lipinski definition) is 8. The molecule has 168 valence electrons. The van der Waals surface area contributed by atoms with Gasteiger partial charge in [0.1, 0.15) is 24.2 Å². The Hall–Kier alpha value is -3.18. The Bertz CT molecular complexity index is 898. The molecule has 2 heterocycles. The van der Waals surface area contributed by atoms with Gasteiger partial charge in [-0.3, -0.25) is 19.9 Å². The zero-order chi connectivity index (χ0) is 22.7. The van der Waals surface area contributed by atoms with Crippen LogP contribution in [0.25, 0.3) is 0 Å². The van der Waals surface area contributed by atoms with Crippen LogP contribution in [-0.4, -0.2) is 107 Å². The lowest BCUT2D eigenvalue weighted by Gasteiger charge is -2.32. The summed E-state index contributed by atoms with van der Waals surface area (Å²) in [6.07, 6.45) is -1.61. The van der Waals surface area contributed by atoms with Gasteiger partial charge in [0.05, 0.1) is 26.3 Å². The summed E-state index contributed by atoms with van der Waals surface area (Å²) < 4.78 is 12.3. The lowest BCUT2D eigenvalue weighted by Crippen LogP contribution is -2.62. The molecule has 0 spiro atoms. The second-order valence-corrected chi connectivity index (χ2v) is 7.46. The van der Waals surface area contributed by atoms with Gasteiger partial charge in [-0.2, -0.15) is 0 Å². The number of β-amino-alcohol motifs (C(OH)–C–C–N with tert-alkyl or cyclic N) is 1. The largest absolute Gasteiger partial charge is 0.497 e. The van der Waals surface area contributed by atoms with E-state index in [0.29, 0.717) is 17.5 Å². The number of likely N-dealkylation sites (N-methyl/N-ethyl adjacent to an activating group) is 2. The summed E-state index contributed by atoms with van der Waals surface area (Å²) in [7, 11) is 4.51. The molecule has 1 fully saturated rings. The number of urea groups is 1. The van der Waals surface area contributed by atoms with E-state index in [1.165, 1.54) is 19.0 Å². The van der Waals surface area contributed by atoms with Crippen LogP contribution in [0.1, 0.15) is 6.92 Å². The lowest BCUT2D eigenvalue weighted by molar-refractivity contribution is -0.545. The van der Waals surface area contributed by atoms with Gasteiger partial charge >= 0.3 is 12.0 Å². The summed E-state index contributed by atoms with van der Waals surface area (Å²) in [5.74, 6) is 1.38. The summed E-state index contributed by atoms with van der Waals surface area (Å²) in [6.45, 7) is 1.81. The second kappa shape index (κ2) is 9.31. The van der Waals surface area contributed by atoms with Crippen LogP contribution in [0.4, 0.5) is 4.79 Å². The summed E-state index contributed by atoms with van der Waals surface area (Å²) in [4.78, 5) is 31.8. The molecule has 3 N–H and O–H groups in total. The van der Waals surface area contributed by atoms with Gasteiger partial charge in [0.25, 0.3) is 5.91 Å². The molecule has 1 aromatic rings. The first kappa shape index (κ1) is 22.5. The van der Waals surface area contributed by atoms with Gasteiger partial charge in [-0.05, 0) is 31.2 Å². The molecule has 2 aliphatic rings. The first-order valence-corrected chi connectivity index (χ1v) is 9.87. The molecule has 11 heteroatoms. The van der Waals surface area contributed by atoms with Crippen molar-refractivity contribution in [2.75, 3.05) is 40.9 Å². The number of imide groups is 1. The van der Waals surface area contributed by atoms with Crippen LogP contribution in [0.5, 0.6) is 11.5 Å². The van der Waals surface area contributed by atoms with Crippen molar-refractivity contribution in [3.8, 4) is 11.5 Å². The number of ether oxygens (including phenoxy) is 2. The van der Waals surface area contributed by atoms with Crippen LogP contribution >= 0.6 is 0 Å². The highest BCUT2D eigenvalue weighted by atomic mass is 16.5. The van der Waals surface area contributed by atoms with Gasteiger partial charge in [0.2, 0.25) is 11.9 Å². The maximum atomic E-state index is 12.8. The third-order valence-electron chi connectivity index (χ3n) is 5.00. The van der Waals surface area contributed by atoms with Gasteiger partial charge in [-0.15, -0.1) is 0 Å². The Morgan fingerprint density at radius 2 is 1.81 bits per heavy atom. The number of guanidine groups is 1. The fraction of sp³-hybridized carbons (Fsp3) is 0.500. The predicted molar refractivity (Wildman–Crippen MR) is 111 cm³/mol. The molecular formula is C20H28N5O6+. The number of amidine groups is 1. The zero-order valence-corrected chi connectivity index (χ0v) is 18.0. The van der Waals surface area contributed by atoms with E-state index in [1.807, 2.05) is 0 Å². The molecule has 0 aromatic heterocycles. The fourth-order valence-electron chi connectivity index (χ4n) is 3.31. The maximum Gasteiger partial charge on any atom is 0.390 e. The molecular weight excluding hydrogens is 406 g/mol. The minimum atomic E-state index is -0.957. The van der Waals surface area contributed by atoms with Crippen molar-refractivity contribution in [1.82, 2.24) is 15.1 Å². The SMILES string of the molecule is COc1ccc(OCC(O)C[N+]2=C(NCC(C)O)N=C3C2C(=O)N(C)C(=O)N3C)cc1. The van der Waals surface area contributed by atoms with Crippen LogP contribution in [-0.2, 0) is 4.79 Å². The van der Waals surface area contributed by atoms with Crippen molar-refractivity contribution in [3.05, 3.63) is 24.3 Å². The molecule has 1 saturated heterocycles. The van der Waals surface area contributed by atoms with Gasteiger partial charge < -0.3 is 19.7 Å². The van der Waals surface area contributed by atoms with Crippen LogP contribution < -0.4 is 14.8 Å². The Labute approximate surface area is 180 Å². The van der Waals surface area contributed by atoms with Crippen molar-refractivity contribution in [2.24, 2.45) is 4.99 Å². The number of aliphatic hydroxyl groups is 2. The van der Waals surface area contributed by atoms with E-state index in [-0.39, 0.29) is 25.5 Å². The predicted octanol–water partition coefficient (Wildman–Crippen LogP) is -0.922. The number of hydrogen-bond donors (Lipinski definition) is 3. The smallest absolute Gasteiger partial charge is 0.390 e. The van der Waals surface area contributed by atoms with Crippen LogP contribution in [0, 0.1) is 0 Å². The van der Waals surface area contributed by atoms with Crippen molar-refractivity contribution in [2.45, 2.75) is 25.2 Å². The minimum Gasteiger partial charge on any atom is -0.497 e. The number of nitrogens with one attached hydrogen (secondary N) is 1. The Kier molecular flexibility index (Phi) is 6.76. The zero-order valence-electron chi connectivity index (χ0n) is 18.0. The number of fused-ring (bicyclic) bond motifs is 1. The molecule has 2 aliphatic heterocycles. The maximum absolute atomic E-state index is 12.8. The number of aliphatic imine (C=N–C) groups is 1. The normalized spacial score (nSPS) is 20.5. The molecule has 0 bridgehead atoms. The highest BCUT2D eigenvalue weighted by Crippen LogP contribution is 2.20. The number of carbonyl (C=O) groups is 2. The van der Waals surface area contributed by atoms with E-state index in [1.54, 1.807) is 42.9 Å². The molecule has 3 atom stereocenters. The van der Waals surface area contributed by atoms with Gasteiger partial charge in [-0.1, -0.05) is 4.99 Å². The van der Waals surface area contributed by atoms with Crippen LogP contribution in [0.2, 0.25) is 0 Å². The average Bonchev–Trinajstić information content (AvgIpc) is 3.11. The second-order valence-electron chi connectivity index (χ2n) is 7.46. The van der Waals surface area contributed by atoms with Crippen LogP contribution in [0.15, 0.2) is 29.3 Å². The minimum absolute atomic E-state index is 0.0205. The number of amides is 3. The highest BCUT2D eigenvalue weighted by molar-refractivity contribution is 6.22. The average molecular weight is 434 g/mol. The van der Waals surface area contributed by atoms with E-state index < -0.39 is 30.2 Å². The fourth-order valence-corrected chi connectivity index (χ4v) is 3.31. The number of methoxy groups -OCH3 is 1. The third kappa shape index (κ3) is 4.78. The molecule has 0 aliphatic carbocycles. The van der Waals surface area contributed by atoms with E-state index in [9.17, 15) is 19.8 Å².